The van der Waals surface area contributed by atoms with Gasteiger partial charge in [-0.05, 0) is 48.7 Å². The highest BCUT2D eigenvalue weighted by molar-refractivity contribution is 8.00. The minimum atomic E-state index is -4.39. The third-order valence-corrected chi connectivity index (χ3v) is 6.78. The van der Waals surface area contributed by atoms with Crippen molar-refractivity contribution in [3.63, 3.8) is 0 Å². The fourth-order valence-corrected chi connectivity index (χ4v) is 4.52. The van der Waals surface area contributed by atoms with E-state index in [1.54, 1.807) is 31.2 Å². The number of nitrogens with one attached hydrogen (secondary N) is 2. The second kappa shape index (κ2) is 12.7. The van der Waals surface area contributed by atoms with Gasteiger partial charge in [0.1, 0.15) is 34.7 Å². The number of ether oxygens (including phenoxy) is 1. The third-order valence-electron chi connectivity index (χ3n) is 5.29. The van der Waals surface area contributed by atoms with Crippen LogP contribution in [-0.4, -0.2) is 37.0 Å². The predicted molar refractivity (Wildman–Crippen MR) is 148 cm³/mol. The molecule has 9 nitrogen and oxygen atoms in total. The van der Waals surface area contributed by atoms with E-state index < -0.39 is 23.9 Å². The van der Waals surface area contributed by atoms with Gasteiger partial charge in [0.2, 0.25) is 0 Å². The summed E-state index contributed by atoms with van der Waals surface area (Å²) in [5, 5.41) is 7.49. The summed E-state index contributed by atoms with van der Waals surface area (Å²) in [6, 6.07) is 11.3. The van der Waals surface area contributed by atoms with Crippen LogP contribution in [0.15, 0.2) is 61.1 Å². The van der Waals surface area contributed by atoms with Gasteiger partial charge in [-0.25, -0.2) is 4.98 Å². The van der Waals surface area contributed by atoms with Gasteiger partial charge in [-0.1, -0.05) is 29.8 Å². The number of hydrogen-bond acceptors (Lipinski definition) is 9. The number of rotatable bonds is 11. The largest absolute Gasteiger partial charge is 0.484 e. The van der Waals surface area contributed by atoms with Gasteiger partial charge in [-0.3, -0.25) is 9.78 Å². The van der Waals surface area contributed by atoms with Crippen LogP contribution < -0.4 is 20.5 Å². The van der Waals surface area contributed by atoms with Crippen LogP contribution in [0.25, 0.3) is 11.3 Å². The Morgan fingerprint density at radius 3 is 2.58 bits per heavy atom. The first-order valence-electron chi connectivity index (χ1n) is 11.3. The molecule has 4 rings (SSSR count). The van der Waals surface area contributed by atoms with Gasteiger partial charge in [0.25, 0.3) is 5.91 Å². The third kappa shape index (κ3) is 7.28. The van der Waals surface area contributed by atoms with Crippen LogP contribution in [0.4, 0.5) is 34.4 Å². The van der Waals surface area contributed by atoms with Gasteiger partial charge < -0.3 is 20.5 Å². The van der Waals surface area contributed by atoms with E-state index >= 15 is 0 Å². The van der Waals surface area contributed by atoms with Crippen molar-refractivity contribution in [1.82, 2.24) is 19.2 Å². The molecule has 0 saturated carbocycles. The maximum Gasteiger partial charge on any atom is 0.399 e. The van der Waals surface area contributed by atoms with Gasteiger partial charge in [0.15, 0.2) is 18.2 Å². The lowest BCUT2D eigenvalue weighted by Crippen LogP contribution is -2.14. The Labute approximate surface area is 239 Å². The first-order valence-corrected chi connectivity index (χ1v) is 13.4. The number of carbonyl (C=O) groups excluding carboxylic acids is 1. The van der Waals surface area contributed by atoms with Crippen LogP contribution in [0, 0.1) is 0 Å². The highest BCUT2D eigenvalue weighted by Gasteiger charge is 2.28. The van der Waals surface area contributed by atoms with Gasteiger partial charge in [-0.2, -0.15) is 22.4 Å². The molecule has 0 bridgehead atoms. The van der Waals surface area contributed by atoms with Gasteiger partial charge in [-0.15, -0.1) is 3.89 Å². The van der Waals surface area contributed by atoms with Crippen molar-refractivity contribution in [3.05, 3.63) is 77.2 Å². The number of amides is 1. The van der Waals surface area contributed by atoms with E-state index in [1.165, 1.54) is 36.8 Å². The monoisotopic (exact) mass is 613 g/mol. The average molecular weight is 614 g/mol. The molecule has 210 valence electrons. The smallest absolute Gasteiger partial charge is 0.399 e. The standard InChI is InChI=1S/C24H20ClF4N7O2S2/c1-13(14-2-5-16(25)6-3-14)38-18-10-15(4-7-17(18)35-39-12-24(26,27)28)21-20(22(30)37)23(36(34-21)40-29)33-19-11-31-8-9-32-19/h2-11,13,35H,12H2,1H3,(H2,30,37)(H,32,33). The molecule has 2 aromatic carbocycles. The predicted octanol–water partition coefficient (Wildman–Crippen LogP) is 6.98. The van der Waals surface area contributed by atoms with Crippen molar-refractivity contribution in [2.75, 3.05) is 15.8 Å². The summed E-state index contributed by atoms with van der Waals surface area (Å²) < 4.78 is 61.7. The Bertz CT molecular complexity index is 1470. The average Bonchev–Trinajstić information content (AvgIpc) is 3.28. The van der Waals surface area contributed by atoms with Gasteiger partial charge in [0.05, 0.1) is 11.9 Å². The topological polar surface area (TPSA) is 120 Å². The Kier molecular flexibility index (Phi) is 9.27. The normalized spacial score (nSPS) is 12.2. The molecule has 2 heterocycles. The SMILES string of the molecule is CC(Oc1cc(-c2nn(SF)c(Nc3cnccn3)c2C(N)=O)ccc1NSCC(F)(F)F)c1ccc(Cl)cc1. The van der Waals surface area contributed by atoms with Crippen molar-refractivity contribution < 1.29 is 26.6 Å². The number of nitrogens with zero attached hydrogens (tertiary/aromatic N) is 4. The van der Waals surface area contributed by atoms with Crippen molar-refractivity contribution in [1.29, 1.82) is 0 Å². The Balaban J connectivity index is 1.75. The number of alkyl halides is 3. The number of carbonyl (C=O) groups is 1. The fourth-order valence-electron chi connectivity index (χ4n) is 3.52. The van der Waals surface area contributed by atoms with Crippen molar-refractivity contribution in [2.24, 2.45) is 5.73 Å². The summed E-state index contributed by atoms with van der Waals surface area (Å²) in [6.07, 6.45) is -0.765. The molecule has 2 aromatic heterocycles. The fraction of sp³-hybridized carbons (Fsp3) is 0.167. The van der Waals surface area contributed by atoms with Crippen molar-refractivity contribution in [3.8, 4) is 17.0 Å². The molecule has 0 aliphatic carbocycles. The highest BCUT2D eigenvalue weighted by Crippen LogP contribution is 2.39. The number of nitrogens with two attached hydrogens (primary N) is 1. The number of anilines is 3. The molecule has 0 aliphatic heterocycles. The summed E-state index contributed by atoms with van der Waals surface area (Å²) >= 11 is 6.12. The molecular weight excluding hydrogens is 594 g/mol. The molecule has 4 N–H and O–H groups in total. The lowest BCUT2D eigenvalue weighted by molar-refractivity contribution is -0.105. The highest BCUT2D eigenvalue weighted by atomic mass is 35.5. The minimum absolute atomic E-state index is 0.00234. The van der Waals surface area contributed by atoms with Gasteiger partial charge in [0, 0.05) is 23.0 Å². The van der Waals surface area contributed by atoms with Crippen LogP contribution in [0.5, 0.6) is 5.75 Å². The molecule has 16 heteroatoms. The molecule has 0 saturated heterocycles. The summed E-state index contributed by atoms with van der Waals surface area (Å²) in [5.41, 5.74) is 6.77. The van der Waals surface area contributed by atoms with Crippen LogP contribution >= 0.6 is 35.9 Å². The summed E-state index contributed by atoms with van der Waals surface area (Å²) in [7, 11) is 0. The first-order chi connectivity index (χ1) is 19.1. The van der Waals surface area contributed by atoms with Gasteiger partial charge >= 0.3 is 6.18 Å². The molecule has 1 atom stereocenters. The lowest BCUT2D eigenvalue weighted by Gasteiger charge is -2.19. The Hall–Kier alpha value is -3.69. The molecule has 1 amide bonds. The quantitative estimate of drug-likeness (QED) is 0.122. The summed E-state index contributed by atoms with van der Waals surface area (Å²) in [5.74, 6) is -1.80. The molecule has 0 spiro atoms. The zero-order valence-electron chi connectivity index (χ0n) is 20.4. The Morgan fingerprint density at radius 1 is 1.20 bits per heavy atom. The number of halogens is 5. The number of aromatic nitrogens is 4. The van der Waals surface area contributed by atoms with E-state index in [2.05, 4.69) is 25.1 Å². The Morgan fingerprint density at radius 2 is 1.95 bits per heavy atom. The van der Waals surface area contributed by atoms with E-state index in [-0.39, 0.29) is 52.2 Å². The second-order valence-corrected chi connectivity index (χ2v) is 9.82. The molecule has 4 aromatic rings. The number of benzene rings is 2. The van der Waals surface area contributed by atoms with E-state index in [0.717, 1.165) is 9.65 Å². The molecular formula is C24H20ClF4N7O2S2. The minimum Gasteiger partial charge on any atom is -0.484 e. The molecule has 1 unspecified atom stereocenters. The van der Waals surface area contributed by atoms with Crippen LogP contribution in [0.3, 0.4) is 0 Å². The molecule has 0 fully saturated rings. The first kappa shape index (κ1) is 29.3. The van der Waals surface area contributed by atoms with Crippen LogP contribution in [0.1, 0.15) is 28.9 Å². The number of hydrogen-bond donors (Lipinski definition) is 3. The van der Waals surface area contributed by atoms with Crippen molar-refractivity contribution in [2.45, 2.75) is 19.2 Å². The number of primary amides is 1. The summed E-state index contributed by atoms with van der Waals surface area (Å²) in [4.78, 5) is 20.5. The maximum absolute atomic E-state index is 13.9. The maximum atomic E-state index is 13.9. The molecule has 40 heavy (non-hydrogen) atoms. The van der Waals surface area contributed by atoms with E-state index in [1.807, 2.05) is 0 Å². The zero-order valence-corrected chi connectivity index (χ0v) is 22.8. The van der Waals surface area contributed by atoms with E-state index in [0.29, 0.717) is 17.0 Å². The van der Waals surface area contributed by atoms with Crippen LogP contribution in [0.2, 0.25) is 5.02 Å². The molecule has 0 radical (unpaired) electrons. The summed E-state index contributed by atoms with van der Waals surface area (Å²) in [6.45, 7) is 1.74. The van der Waals surface area contributed by atoms with E-state index in [4.69, 9.17) is 22.1 Å². The van der Waals surface area contributed by atoms with Crippen LogP contribution in [-0.2, 0) is 0 Å². The van der Waals surface area contributed by atoms with E-state index in [9.17, 15) is 21.9 Å². The second-order valence-electron chi connectivity index (χ2n) is 8.12. The zero-order chi connectivity index (χ0) is 28.9. The molecule has 0 aliphatic rings. The lowest BCUT2D eigenvalue weighted by atomic mass is 10.1. The van der Waals surface area contributed by atoms with Crippen molar-refractivity contribution >= 4 is 59.1 Å².